The van der Waals surface area contributed by atoms with Gasteiger partial charge >= 0.3 is 0 Å². The van der Waals surface area contributed by atoms with E-state index in [0.717, 1.165) is 5.56 Å². The molecule has 0 aromatic carbocycles. The van der Waals surface area contributed by atoms with E-state index in [1.54, 1.807) is 18.4 Å². The number of thiophene rings is 1. The lowest BCUT2D eigenvalue weighted by Crippen LogP contribution is -2.13. The molecule has 0 aliphatic rings. The third-order valence-electron chi connectivity index (χ3n) is 1.41. The van der Waals surface area contributed by atoms with E-state index in [1.807, 2.05) is 5.38 Å². The van der Waals surface area contributed by atoms with Crippen molar-refractivity contribution in [3.63, 3.8) is 0 Å². The van der Waals surface area contributed by atoms with Crippen LogP contribution in [0.25, 0.3) is 0 Å². The summed E-state index contributed by atoms with van der Waals surface area (Å²) >= 11 is 1.49. The van der Waals surface area contributed by atoms with Crippen molar-refractivity contribution >= 4 is 17.2 Å². The molecule has 1 atom stereocenters. The molecule has 0 aliphatic heterocycles. The molecule has 1 aromatic rings. The van der Waals surface area contributed by atoms with Gasteiger partial charge in [-0.05, 0) is 23.8 Å². The van der Waals surface area contributed by atoms with Crippen molar-refractivity contribution in [1.29, 1.82) is 5.41 Å². The Kier molecular flexibility index (Phi) is 3.25. The monoisotopic (exact) mass is 185 g/mol. The number of ether oxygens (including phenoxy) is 1. The van der Waals surface area contributed by atoms with E-state index in [9.17, 15) is 5.11 Å². The molecule has 1 aromatic heterocycles. The summed E-state index contributed by atoms with van der Waals surface area (Å²) in [6, 6.07) is 1.78. The molecule has 0 spiro atoms. The quantitative estimate of drug-likeness (QED) is 0.557. The molecular formula is C8H11NO2S. The normalized spacial score (nSPS) is 12.5. The van der Waals surface area contributed by atoms with Gasteiger partial charge in [-0.2, -0.15) is 11.3 Å². The van der Waals surface area contributed by atoms with Gasteiger partial charge in [0.15, 0.2) is 6.10 Å². The van der Waals surface area contributed by atoms with Crippen LogP contribution in [0.3, 0.4) is 0 Å². The molecule has 3 nitrogen and oxygen atoms in total. The number of hydrogen-bond acceptors (Lipinski definition) is 4. The van der Waals surface area contributed by atoms with E-state index in [4.69, 9.17) is 10.1 Å². The van der Waals surface area contributed by atoms with Crippen LogP contribution in [0.2, 0.25) is 0 Å². The first kappa shape index (κ1) is 9.22. The largest absolute Gasteiger partial charge is 0.479 e. The fourth-order valence-electron chi connectivity index (χ4n) is 0.816. The second kappa shape index (κ2) is 4.23. The van der Waals surface area contributed by atoms with Gasteiger partial charge < -0.3 is 9.84 Å². The van der Waals surface area contributed by atoms with Gasteiger partial charge in [0.2, 0.25) is 5.90 Å². The van der Waals surface area contributed by atoms with E-state index < -0.39 is 6.10 Å². The minimum atomic E-state index is -0.906. The lowest BCUT2D eigenvalue weighted by molar-refractivity contribution is 0.191. The summed E-state index contributed by atoms with van der Waals surface area (Å²) in [6.45, 7) is 2.20. The van der Waals surface area contributed by atoms with Crippen molar-refractivity contribution < 1.29 is 9.84 Å². The molecular weight excluding hydrogens is 174 g/mol. The molecule has 0 aliphatic carbocycles. The van der Waals surface area contributed by atoms with Gasteiger partial charge in [-0.3, -0.25) is 5.41 Å². The molecule has 0 radical (unpaired) electrons. The first-order valence-electron chi connectivity index (χ1n) is 3.67. The predicted molar refractivity (Wildman–Crippen MR) is 48.6 cm³/mol. The van der Waals surface area contributed by atoms with E-state index in [0.29, 0.717) is 6.61 Å². The highest BCUT2D eigenvalue weighted by Gasteiger charge is 2.14. The summed E-state index contributed by atoms with van der Waals surface area (Å²) in [4.78, 5) is 0. The topological polar surface area (TPSA) is 53.3 Å². The maximum atomic E-state index is 9.47. The van der Waals surface area contributed by atoms with Gasteiger partial charge in [0.1, 0.15) is 0 Å². The second-order valence-electron chi connectivity index (χ2n) is 2.26. The maximum absolute atomic E-state index is 9.47. The van der Waals surface area contributed by atoms with Crippen LogP contribution in [0, 0.1) is 5.41 Å². The Morgan fingerprint density at radius 1 is 1.83 bits per heavy atom. The molecule has 4 heteroatoms. The van der Waals surface area contributed by atoms with Crippen molar-refractivity contribution in [3.8, 4) is 0 Å². The van der Waals surface area contributed by atoms with Gasteiger partial charge in [-0.1, -0.05) is 0 Å². The van der Waals surface area contributed by atoms with Crippen LogP contribution in [0.4, 0.5) is 0 Å². The van der Waals surface area contributed by atoms with Crippen LogP contribution in [0.5, 0.6) is 0 Å². The highest BCUT2D eigenvalue weighted by atomic mass is 32.1. The molecule has 0 bridgehead atoms. The zero-order valence-corrected chi connectivity index (χ0v) is 7.60. The Morgan fingerprint density at radius 3 is 3.08 bits per heavy atom. The van der Waals surface area contributed by atoms with Crippen molar-refractivity contribution in [3.05, 3.63) is 22.4 Å². The number of aliphatic hydroxyl groups excluding tert-OH is 1. The lowest BCUT2D eigenvalue weighted by Gasteiger charge is -2.10. The fourth-order valence-corrected chi connectivity index (χ4v) is 1.50. The Morgan fingerprint density at radius 2 is 2.58 bits per heavy atom. The second-order valence-corrected chi connectivity index (χ2v) is 3.04. The minimum absolute atomic E-state index is 0.0871. The molecule has 12 heavy (non-hydrogen) atoms. The van der Waals surface area contributed by atoms with Crippen LogP contribution >= 0.6 is 11.3 Å². The summed E-state index contributed by atoms with van der Waals surface area (Å²) < 4.78 is 4.87. The van der Waals surface area contributed by atoms with Crippen LogP contribution in [0.15, 0.2) is 16.8 Å². The van der Waals surface area contributed by atoms with E-state index in [-0.39, 0.29) is 5.90 Å². The Labute approximate surface area is 75.1 Å². The van der Waals surface area contributed by atoms with Crippen LogP contribution < -0.4 is 0 Å². The van der Waals surface area contributed by atoms with Crippen molar-refractivity contribution in [1.82, 2.24) is 0 Å². The van der Waals surface area contributed by atoms with Gasteiger partial charge in [0.25, 0.3) is 0 Å². The summed E-state index contributed by atoms with van der Waals surface area (Å²) in [5.41, 5.74) is 0.721. The summed E-state index contributed by atoms with van der Waals surface area (Å²) in [7, 11) is 0. The molecule has 0 amide bonds. The average molecular weight is 185 g/mol. The average Bonchev–Trinajstić information content (AvgIpc) is 2.55. The highest BCUT2D eigenvalue weighted by Crippen LogP contribution is 2.17. The summed E-state index contributed by atoms with van der Waals surface area (Å²) in [5, 5.41) is 20.4. The van der Waals surface area contributed by atoms with E-state index >= 15 is 0 Å². The zero-order valence-electron chi connectivity index (χ0n) is 6.78. The van der Waals surface area contributed by atoms with Crippen molar-refractivity contribution in [2.45, 2.75) is 13.0 Å². The third kappa shape index (κ3) is 2.06. The summed E-state index contributed by atoms with van der Waals surface area (Å²) in [6.07, 6.45) is -0.906. The fraction of sp³-hybridized carbons (Fsp3) is 0.375. The van der Waals surface area contributed by atoms with Gasteiger partial charge in [0.05, 0.1) is 6.61 Å². The molecule has 0 saturated carbocycles. The zero-order chi connectivity index (χ0) is 8.97. The minimum Gasteiger partial charge on any atom is -0.479 e. The van der Waals surface area contributed by atoms with Crippen molar-refractivity contribution in [2.75, 3.05) is 6.61 Å². The Balaban J connectivity index is 2.59. The number of hydrogen-bond donors (Lipinski definition) is 2. The molecule has 1 heterocycles. The van der Waals surface area contributed by atoms with E-state index in [1.165, 1.54) is 11.3 Å². The van der Waals surface area contributed by atoms with Gasteiger partial charge in [-0.25, -0.2) is 0 Å². The number of nitrogens with one attached hydrogen (secondary N) is 1. The molecule has 1 unspecified atom stereocenters. The summed E-state index contributed by atoms with van der Waals surface area (Å²) in [5.74, 6) is -0.0871. The van der Waals surface area contributed by atoms with E-state index in [2.05, 4.69) is 0 Å². The number of aliphatic hydroxyl groups is 1. The molecule has 2 N–H and O–H groups in total. The van der Waals surface area contributed by atoms with Crippen LogP contribution in [0.1, 0.15) is 18.6 Å². The first-order valence-corrected chi connectivity index (χ1v) is 4.61. The number of rotatable bonds is 3. The maximum Gasteiger partial charge on any atom is 0.214 e. The highest BCUT2D eigenvalue weighted by molar-refractivity contribution is 7.08. The Hall–Kier alpha value is -0.870. The molecule has 0 fully saturated rings. The predicted octanol–water partition coefficient (Wildman–Crippen LogP) is 1.80. The molecule has 1 rings (SSSR count). The Bertz CT molecular complexity index is 246. The van der Waals surface area contributed by atoms with Crippen LogP contribution in [-0.4, -0.2) is 17.6 Å². The lowest BCUT2D eigenvalue weighted by atomic mass is 10.2. The molecule has 66 valence electrons. The van der Waals surface area contributed by atoms with Gasteiger partial charge in [-0.15, -0.1) is 0 Å². The first-order chi connectivity index (χ1) is 5.75. The van der Waals surface area contributed by atoms with Crippen molar-refractivity contribution in [2.24, 2.45) is 0 Å². The van der Waals surface area contributed by atoms with Crippen LogP contribution in [-0.2, 0) is 4.74 Å². The SMILES string of the molecule is CCOC(=N)C(O)c1ccsc1. The smallest absolute Gasteiger partial charge is 0.214 e. The third-order valence-corrected chi connectivity index (χ3v) is 2.11. The standard InChI is InChI=1S/C8H11NO2S/c1-2-11-8(9)7(10)6-3-4-12-5-6/h3-5,7,9-10H,2H2,1H3. The molecule has 0 saturated heterocycles. The van der Waals surface area contributed by atoms with Gasteiger partial charge in [0, 0.05) is 5.56 Å².